The number of H-pyrrole nitrogens is 1. The Hall–Kier alpha value is -3.51. The molecule has 5 heterocycles. The average Bonchev–Trinajstić information content (AvgIpc) is 3.35. The maximum Gasteiger partial charge on any atom is 0.246 e. The minimum absolute atomic E-state index is 0.142. The lowest BCUT2D eigenvalue weighted by Crippen LogP contribution is -2.75. The number of aromatic nitrogens is 4. The maximum absolute atomic E-state index is 15.3. The van der Waals surface area contributed by atoms with Gasteiger partial charge in [-0.2, -0.15) is 5.10 Å². The molecule has 1 atom stereocenters. The number of ether oxygens (including phenoxy) is 2. The van der Waals surface area contributed by atoms with Gasteiger partial charge in [-0.1, -0.05) is 23.2 Å². The fourth-order valence-corrected chi connectivity index (χ4v) is 5.83. The van der Waals surface area contributed by atoms with Gasteiger partial charge in [0.05, 0.1) is 28.8 Å². The number of hydrogen-bond donors (Lipinski definition) is 2. The van der Waals surface area contributed by atoms with Crippen molar-refractivity contribution in [3.05, 3.63) is 64.3 Å². The quantitative estimate of drug-likeness (QED) is 0.348. The van der Waals surface area contributed by atoms with Crippen molar-refractivity contribution in [1.82, 2.24) is 25.1 Å². The number of amides is 1. The van der Waals surface area contributed by atoms with Crippen molar-refractivity contribution in [2.45, 2.75) is 18.6 Å². The first-order valence-corrected chi connectivity index (χ1v) is 13.5. The van der Waals surface area contributed by atoms with E-state index in [1.807, 2.05) is 19.1 Å². The molecule has 2 saturated heterocycles. The van der Waals surface area contributed by atoms with Crippen molar-refractivity contribution in [1.29, 1.82) is 0 Å². The van der Waals surface area contributed by atoms with Crippen LogP contribution >= 0.6 is 23.2 Å². The standard InChI is InChI=1S/C27H26Cl2FN7O3/c1-15(23-19(28)11-32-12-20(23)29)40-17-2-3-22-18(9-17)24(35-34-22)16-8-21(30)25(33-10-16)37-13-27(31,14-37)26(38)36-4-6-39-7-5-36/h2-3,8-12,15H,4-7,13-14,31H2,1H3,(H,34,35)/t15-/m1/s1. The summed E-state index contributed by atoms with van der Waals surface area (Å²) in [4.78, 5) is 24.6. The molecule has 13 heteroatoms. The smallest absolute Gasteiger partial charge is 0.246 e. The Balaban J connectivity index is 1.20. The number of hydrogen-bond acceptors (Lipinski definition) is 8. The number of aromatic amines is 1. The summed E-state index contributed by atoms with van der Waals surface area (Å²) in [6.45, 7) is 4.20. The molecule has 2 fully saturated rings. The second kappa shape index (κ2) is 10.5. The highest BCUT2D eigenvalue weighted by Gasteiger charge is 2.49. The number of carbonyl (C=O) groups excluding carboxylic acids is 1. The molecule has 0 saturated carbocycles. The number of carbonyl (C=O) groups is 1. The first kappa shape index (κ1) is 26.7. The number of fused-ring (bicyclic) bond motifs is 1. The summed E-state index contributed by atoms with van der Waals surface area (Å²) in [5, 5.41) is 8.90. The van der Waals surface area contributed by atoms with Gasteiger partial charge in [0.2, 0.25) is 5.91 Å². The molecule has 3 aromatic heterocycles. The highest BCUT2D eigenvalue weighted by Crippen LogP contribution is 2.36. The van der Waals surface area contributed by atoms with Crippen molar-refractivity contribution in [3.8, 4) is 17.0 Å². The van der Waals surface area contributed by atoms with E-state index in [1.165, 1.54) is 18.5 Å². The topological polar surface area (TPSA) is 122 Å². The van der Waals surface area contributed by atoms with Crippen LogP contribution in [0.25, 0.3) is 22.2 Å². The van der Waals surface area contributed by atoms with E-state index >= 15 is 4.39 Å². The molecule has 0 radical (unpaired) electrons. The summed E-state index contributed by atoms with van der Waals surface area (Å²) in [6, 6.07) is 6.82. The first-order valence-electron chi connectivity index (χ1n) is 12.7. The molecule has 10 nitrogen and oxygen atoms in total. The van der Waals surface area contributed by atoms with Gasteiger partial charge in [0.25, 0.3) is 0 Å². The number of nitrogens with zero attached hydrogens (tertiary/aromatic N) is 5. The number of halogens is 3. The predicted octanol–water partition coefficient (Wildman–Crippen LogP) is 3.98. The van der Waals surface area contributed by atoms with E-state index in [-0.39, 0.29) is 24.8 Å². The second-order valence-corrected chi connectivity index (χ2v) is 10.8. The van der Waals surface area contributed by atoms with Crippen LogP contribution in [0, 0.1) is 5.82 Å². The summed E-state index contributed by atoms with van der Waals surface area (Å²) >= 11 is 12.6. The Labute approximate surface area is 239 Å². The maximum atomic E-state index is 15.3. The lowest BCUT2D eigenvalue weighted by Gasteiger charge is -2.49. The third-order valence-electron chi connectivity index (χ3n) is 7.21. The van der Waals surface area contributed by atoms with Gasteiger partial charge in [-0.3, -0.25) is 14.9 Å². The molecular formula is C27H26Cl2FN7O3. The Morgan fingerprint density at radius 2 is 1.90 bits per heavy atom. The van der Waals surface area contributed by atoms with Crippen molar-refractivity contribution >= 4 is 45.8 Å². The van der Waals surface area contributed by atoms with Gasteiger partial charge in [0.15, 0.2) is 11.6 Å². The van der Waals surface area contributed by atoms with Crippen molar-refractivity contribution in [2.24, 2.45) is 5.73 Å². The summed E-state index contributed by atoms with van der Waals surface area (Å²) in [6.07, 6.45) is 4.14. The number of anilines is 1. The largest absolute Gasteiger partial charge is 0.486 e. The van der Waals surface area contributed by atoms with Crippen LogP contribution in [-0.4, -0.2) is 75.9 Å². The normalized spacial score (nSPS) is 17.5. The van der Waals surface area contributed by atoms with Crippen LogP contribution in [0.4, 0.5) is 10.2 Å². The van der Waals surface area contributed by atoms with Crippen LogP contribution in [0.3, 0.4) is 0 Å². The fourth-order valence-electron chi connectivity index (χ4n) is 5.15. The highest BCUT2D eigenvalue weighted by atomic mass is 35.5. The molecule has 1 aromatic carbocycles. The number of pyridine rings is 2. The minimum Gasteiger partial charge on any atom is -0.486 e. The van der Waals surface area contributed by atoms with E-state index in [9.17, 15) is 4.79 Å². The monoisotopic (exact) mass is 585 g/mol. The Morgan fingerprint density at radius 3 is 2.60 bits per heavy atom. The zero-order valence-electron chi connectivity index (χ0n) is 21.5. The van der Waals surface area contributed by atoms with Crippen molar-refractivity contribution in [3.63, 3.8) is 0 Å². The molecule has 0 bridgehead atoms. The van der Waals surface area contributed by atoms with Gasteiger partial charge in [-0.05, 0) is 31.2 Å². The fraction of sp³-hybridized carbons (Fsp3) is 0.333. The number of morpholine rings is 1. The van der Waals surface area contributed by atoms with Crippen LogP contribution < -0.4 is 15.4 Å². The SMILES string of the molecule is C[C@@H](Oc1ccc2[nH]nc(-c3cnc(N4CC(N)(C(=O)N5CCOCC5)C4)c(F)c3)c2c1)c1c(Cl)cncc1Cl. The van der Waals surface area contributed by atoms with Crippen molar-refractivity contribution in [2.75, 3.05) is 44.3 Å². The molecule has 208 valence electrons. The Bertz CT molecular complexity index is 1570. The van der Waals surface area contributed by atoms with Gasteiger partial charge in [-0.15, -0.1) is 0 Å². The molecule has 0 aliphatic carbocycles. The second-order valence-electron chi connectivity index (χ2n) is 10.0. The van der Waals surface area contributed by atoms with Gasteiger partial charge in [0.1, 0.15) is 23.1 Å². The molecule has 40 heavy (non-hydrogen) atoms. The minimum atomic E-state index is -1.07. The Kier molecular flexibility index (Phi) is 6.99. The van der Waals surface area contributed by atoms with E-state index in [1.54, 1.807) is 22.1 Å². The van der Waals surface area contributed by atoms with E-state index in [4.69, 9.17) is 38.4 Å². The average molecular weight is 586 g/mol. The van der Waals surface area contributed by atoms with Gasteiger partial charge in [0, 0.05) is 61.3 Å². The Morgan fingerprint density at radius 1 is 1.18 bits per heavy atom. The third-order valence-corrected chi connectivity index (χ3v) is 7.81. The van der Waals surface area contributed by atoms with Gasteiger partial charge >= 0.3 is 0 Å². The molecule has 0 unspecified atom stereocenters. The van der Waals surface area contributed by atoms with E-state index in [0.29, 0.717) is 58.9 Å². The molecule has 3 N–H and O–H groups in total. The molecule has 0 spiro atoms. The van der Waals surface area contributed by atoms with Gasteiger partial charge in [-0.25, -0.2) is 9.37 Å². The predicted molar refractivity (Wildman–Crippen MR) is 149 cm³/mol. The summed E-state index contributed by atoms with van der Waals surface area (Å²) in [5.41, 5.74) is 7.68. The number of nitrogens with two attached hydrogens (primary N) is 1. The summed E-state index contributed by atoms with van der Waals surface area (Å²) in [5.74, 6) is 0.0234. The number of benzene rings is 1. The first-order chi connectivity index (χ1) is 19.2. The molecule has 4 aromatic rings. The molecular weight excluding hydrogens is 560 g/mol. The highest BCUT2D eigenvalue weighted by molar-refractivity contribution is 6.35. The number of rotatable bonds is 6. The van der Waals surface area contributed by atoms with Crippen LogP contribution in [-0.2, 0) is 9.53 Å². The van der Waals surface area contributed by atoms with E-state index < -0.39 is 17.5 Å². The summed E-state index contributed by atoms with van der Waals surface area (Å²) in [7, 11) is 0. The molecule has 2 aliphatic rings. The van der Waals surface area contributed by atoms with Crippen molar-refractivity contribution < 1.29 is 18.7 Å². The number of nitrogens with one attached hydrogen (secondary N) is 1. The van der Waals surface area contributed by atoms with Crippen LogP contribution in [0.2, 0.25) is 10.0 Å². The zero-order chi connectivity index (χ0) is 28.0. The molecule has 6 rings (SSSR count). The molecule has 2 aliphatic heterocycles. The van der Waals surface area contributed by atoms with Crippen LogP contribution in [0.15, 0.2) is 42.9 Å². The van der Waals surface area contributed by atoms with Gasteiger partial charge < -0.3 is 25.0 Å². The molecule has 1 amide bonds. The lowest BCUT2D eigenvalue weighted by atomic mass is 9.89. The van der Waals surface area contributed by atoms with E-state index in [2.05, 4.69) is 20.2 Å². The zero-order valence-corrected chi connectivity index (χ0v) is 23.0. The van der Waals surface area contributed by atoms with E-state index in [0.717, 1.165) is 10.9 Å². The van der Waals surface area contributed by atoms with Crippen LogP contribution in [0.1, 0.15) is 18.6 Å². The summed E-state index contributed by atoms with van der Waals surface area (Å²) < 4.78 is 26.7. The van der Waals surface area contributed by atoms with Crippen LogP contribution in [0.5, 0.6) is 5.75 Å². The lowest BCUT2D eigenvalue weighted by molar-refractivity contribution is -0.142. The third kappa shape index (κ3) is 4.83.